The van der Waals surface area contributed by atoms with Gasteiger partial charge >= 0.3 is 0 Å². The number of halogens is 1. The molecule has 0 saturated heterocycles. The largest absolute Gasteiger partial charge is 0.312 e. The van der Waals surface area contributed by atoms with E-state index in [0.29, 0.717) is 12.3 Å². The Bertz CT molecular complexity index is 641. The SMILES string of the molecule is O=C(Cc1nc(CCl)cs1)N1CCCCc2ccccc21. The van der Waals surface area contributed by atoms with E-state index in [0.717, 1.165) is 42.2 Å². The Kier molecular flexibility index (Phi) is 4.56. The number of para-hydroxylation sites is 1. The summed E-state index contributed by atoms with van der Waals surface area (Å²) in [5.41, 5.74) is 3.18. The highest BCUT2D eigenvalue weighted by Gasteiger charge is 2.21. The Labute approximate surface area is 133 Å². The first-order chi connectivity index (χ1) is 10.3. The summed E-state index contributed by atoms with van der Waals surface area (Å²) in [5.74, 6) is 0.525. The molecule has 3 nitrogen and oxygen atoms in total. The normalized spacial score (nSPS) is 14.6. The first-order valence-corrected chi connectivity index (χ1v) is 8.57. The molecule has 0 fully saturated rings. The number of benzene rings is 1. The van der Waals surface area contributed by atoms with Crippen molar-refractivity contribution in [2.75, 3.05) is 11.4 Å². The highest BCUT2D eigenvalue weighted by Crippen LogP contribution is 2.27. The van der Waals surface area contributed by atoms with Crippen molar-refractivity contribution in [1.82, 2.24) is 4.98 Å². The van der Waals surface area contributed by atoms with E-state index in [4.69, 9.17) is 11.6 Å². The van der Waals surface area contributed by atoms with E-state index < -0.39 is 0 Å². The summed E-state index contributed by atoms with van der Waals surface area (Å²) in [6, 6.07) is 8.21. The topological polar surface area (TPSA) is 33.2 Å². The average Bonchev–Trinajstić information content (AvgIpc) is 2.84. The molecule has 1 aliphatic rings. The molecule has 2 aromatic rings. The van der Waals surface area contributed by atoms with Crippen LogP contribution in [0.2, 0.25) is 0 Å². The molecule has 0 radical (unpaired) electrons. The van der Waals surface area contributed by atoms with Gasteiger partial charge in [-0.05, 0) is 30.9 Å². The van der Waals surface area contributed by atoms with Gasteiger partial charge in [-0.25, -0.2) is 4.98 Å². The molecule has 0 saturated carbocycles. The molecule has 0 atom stereocenters. The minimum atomic E-state index is 0.125. The zero-order valence-corrected chi connectivity index (χ0v) is 13.3. The van der Waals surface area contributed by atoms with Gasteiger partial charge in [0.15, 0.2) is 0 Å². The fourth-order valence-electron chi connectivity index (χ4n) is 2.67. The smallest absolute Gasteiger partial charge is 0.233 e. The number of thiazole rings is 1. The molecule has 1 aromatic carbocycles. The fraction of sp³-hybridized carbons (Fsp3) is 0.375. The molecule has 1 amide bonds. The monoisotopic (exact) mass is 320 g/mol. The number of fused-ring (bicyclic) bond motifs is 1. The van der Waals surface area contributed by atoms with Gasteiger partial charge in [0.2, 0.25) is 5.91 Å². The van der Waals surface area contributed by atoms with Gasteiger partial charge in [0.1, 0.15) is 5.01 Å². The van der Waals surface area contributed by atoms with Gasteiger partial charge in [0.25, 0.3) is 0 Å². The Morgan fingerprint density at radius 3 is 3.00 bits per heavy atom. The van der Waals surface area contributed by atoms with Crippen LogP contribution in [0, 0.1) is 0 Å². The average molecular weight is 321 g/mol. The van der Waals surface area contributed by atoms with E-state index in [9.17, 15) is 4.79 Å². The van der Waals surface area contributed by atoms with Crippen LogP contribution in [0.5, 0.6) is 0 Å². The summed E-state index contributed by atoms with van der Waals surface area (Å²) in [5, 5.41) is 2.77. The van der Waals surface area contributed by atoms with E-state index in [2.05, 4.69) is 11.1 Å². The van der Waals surface area contributed by atoms with E-state index in [1.165, 1.54) is 16.9 Å². The van der Waals surface area contributed by atoms with Gasteiger partial charge in [-0.1, -0.05) is 18.2 Å². The molecule has 1 aromatic heterocycles. The number of carbonyl (C=O) groups is 1. The molecule has 0 aliphatic carbocycles. The molecule has 5 heteroatoms. The van der Waals surface area contributed by atoms with Crippen molar-refractivity contribution in [1.29, 1.82) is 0 Å². The molecule has 0 N–H and O–H groups in total. The lowest BCUT2D eigenvalue weighted by molar-refractivity contribution is -0.118. The Balaban J connectivity index is 1.80. The lowest BCUT2D eigenvalue weighted by atomic mass is 10.1. The van der Waals surface area contributed by atoms with Crippen LogP contribution >= 0.6 is 22.9 Å². The van der Waals surface area contributed by atoms with Crippen LogP contribution in [-0.4, -0.2) is 17.4 Å². The third-order valence-electron chi connectivity index (χ3n) is 3.70. The van der Waals surface area contributed by atoms with Crippen molar-refractivity contribution < 1.29 is 4.79 Å². The van der Waals surface area contributed by atoms with Gasteiger partial charge in [-0.15, -0.1) is 22.9 Å². The van der Waals surface area contributed by atoms with Crippen LogP contribution < -0.4 is 4.90 Å². The maximum Gasteiger partial charge on any atom is 0.233 e. The van der Waals surface area contributed by atoms with Gasteiger partial charge in [-0.3, -0.25) is 4.79 Å². The standard InChI is InChI=1S/C16H17ClN2OS/c17-10-13-11-21-15(18-13)9-16(20)19-8-4-3-6-12-5-1-2-7-14(12)19/h1-2,5,7,11H,3-4,6,8-10H2. The second kappa shape index (κ2) is 6.58. The van der Waals surface area contributed by atoms with Crippen LogP contribution in [0.15, 0.2) is 29.6 Å². The number of hydrogen-bond donors (Lipinski definition) is 0. The summed E-state index contributed by atoms with van der Waals surface area (Å²) in [4.78, 5) is 18.9. The van der Waals surface area contributed by atoms with Crippen molar-refractivity contribution in [3.8, 4) is 0 Å². The number of rotatable bonds is 3. The zero-order valence-electron chi connectivity index (χ0n) is 11.7. The number of nitrogens with zero attached hydrogens (tertiary/aromatic N) is 2. The van der Waals surface area contributed by atoms with Crippen LogP contribution in [0.1, 0.15) is 29.1 Å². The summed E-state index contributed by atoms with van der Waals surface area (Å²) >= 11 is 7.27. The van der Waals surface area contributed by atoms with Crippen molar-refractivity contribution in [2.24, 2.45) is 0 Å². The summed E-state index contributed by atoms with van der Waals surface area (Å²) in [7, 11) is 0. The highest BCUT2D eigenvalue weighted by molar-refractivity contribution is 7.09. The van der Waals surface area contributed by atoms with E-state index in [1.807, 2.05) is 28.5 Å². The molecule has 2 heterocycles. The maximum absolute atomic E-state index is 12.6. The lowest BCUT2D eigenvalue weighted by Gasteiger charge is -2.22. The third kappa shape index (κ3) is 3.27. The summed E-state index contributed by atoms with van der Waals surface area (Å²) in [6.45, 7) is 0.795. The van der Waals surface area contributed by atoms with Crippen LogP contribution in [0.3, 0.4) is 0 Å². The molecular weight excluding hydrogens is 304 g/mol. The Morgan fingerprint density at radius 1 is 1.33 bits per heavy atom. The first-order valence-electron chi connectivity index (χ1n) is 7.15. The van der Waals surface area contributed by atoms with Crippen LogP contribution in [0.4, 0.5) is 5.69 Å². The predicted octanol–water partition coefficient (Wildman–Crippen LogP) is 3.79. The summed E-state index contributed by atoms with van der Waals surface area (Å²) < 4.78 is 0. The number of aromatic nitrogens is 1. The minimum absolute atomic E-state index is 0.125. The van der Waals surface area contributed by atoms with Crippen molar-refractivity contribution >= 4 is 34.5 Å². The number of anilines is 1. The molecular formula is C16H17ClN2OS. The van der Waals surface area contributed by atoms with Gasteiger partial charge in [-0.2, -0.15) is 0 Å². The van der Waals surface area contributed by atoms with Gasteiger partial charge < -0.3 is 4.90 Å². The van der Waals surface area contributed by atoms with Crippen LogP contribution in [0.25, 0.3) is 0 Å². The Hall–Kier alpha value is -1.39. The van der Waals surface area contributed by atoms with E-state index >= 15 is 0 Å². The predicted molar refractivity (Wildman–Crippen MR) is 87.1 cm³/mol. The zero-order chi connectivity index (χ0) is 14.7. The number of alkyl halides is 1. The molecule has 0 bridgehead atoms. The van der Waals surface area contributed by atoms with E-state index in [1.54, 1.807) is 0 Å². The molecule has 110 valence electrons. The van der Waals surface area contributed by atoms with Crippen molar-refractivity contribution in [2.45, 2.75) is 31.6 Å². The van der Waals surface area contributed by atoms with Gasteiger partial charge in [0.05, 0.1) is 18.0 Å². The quantitative estimate of drug-likeness (QED) is 0.806. The van der Waals surface area contributed by atoms with Crippen molar-refractivity contribution in [3.05, 3.63) is 45.9 Å². The summed E-state index contributed by atoms with van der Waals surface area (Å²) in [6.07, 6.45) is 3.59. The number of amides is 1. The first kappa shape index (κ1) is 14.5. The lowest BCUT2D eigenvalue weighted by Crippen LogP contribution is -2.33. The number of carbonyl (C=O) groups excluding carboxylic acids is 1. The molecule has 0 unspecified atom stereocenters. The number of hydrogen-bond acceptors (Lipinski definition) is 3. The highest BCUT2D eigenvalue weighted by atomic mass is 35.5. The van der Waals surface area contributed by atoms with Crippen molar-refractivity contribution in [3.63, 3.8) is 0 Å². The van der Waals surface area contributed by atoms with E-state index in [-0.39, 0.29) is 5.91 Å². The molecule has 1 aliphatic heterocycles. The minimum Gasteiger partial charge on any atom is -0.312 e. The molecule has 0 spiro atoms. The second-order valence-electron chi connectivity index (χ2n) is 5.17. The number of aryl methyl sites for hydroxylation is 1. The maximum atomic E-state index is 12.6. The second-order valence-corrected chi connectivity index (χ2v) is 6.38. The molecule has 3 rings (SSSR count). The molecule has 21 heavy (non-hydrogen) atoms. The van der Waals surface area contributed by atoms with Crippen LogP contribution in [-0.2, 0) is 23.5 Å². The van der Waals surface area contributed by atoms with Gasteiger partial charge in [0, 0.05) is 17.6 Å². The fourth-order valence-corrected chi connectivity index (χ4v) is 3.68. The Morgan fingerprint density at radius 2 is 2.19 bits per heavy atom. The third-order valence-corrected chi connectivity index (χ3v) is 4.87.